The molecule has 2 rings (SSSR count). The van der Waals surface area contributed by atoms with Crippen molar-refractivity contribution in [2.24, 2.45) is 5.10 Å². The molecule has 0 bridgehead atoms. The molecular weight excluding hydrogens is 260 g/mol. The van der Waals surface area contributed by atoms with Crippen molar-refractivity contribution in [1.29, 1.82) is 0 Å². The van der Waals surface area contributed by atoms with E-state index in [0.717, 1.165) is 5.56 Å². The molecule has 0 aliphatic carbocycles. The second-order valence-electron chi connectivity index (χ2n) is 5.34. The monoisotopic (exact) mass is 282 g/mol. The van der Waals surface area contributed by atoms with Crippen molar-refractivity contribution in [3.63, 3.8) is 0 Å². The number of nitrogens with zero attached hydrogens (tertiary/aromatic N) is 2. The number of hydrogen-bond donors (Lipinski definition) is 1. The summed E-state index contributed by atoms with van der Waals surface area (Å²) < 4.78 is 0. The Hall–Kier alpha value is -2.13. The molecule has 3 heteroatoms. The zero-order chi connectivity index (χ0) is 15.1. The lowest BCUT2D eigenvalue weighted by Crippen LogP contribution is -2.26. The second kappa shape index (κ2) is 7.60. The van der Waals surface area contributed by atoms with Crippen LogP contribution in [0, 0.1) is 6.92 Å². The van der Waals surface area contributed by atoms with Crippen LogP contribution >= 0.6 is 0 Å². The highest BCUT2D eigenvalue weighted by atomic mass is 16.3. The van der Waals surface area contributed by atoms with Gasteiger partial charge in [-0.15, -0.1) is 0 Å². The van der Waals surface area contributed by atoms with Crippen molar-refractivity contribution < 1.29 is 5.11 Å². The summed E-state index contributed by atoms with van der Waals surface area (Å²) in [6, 6.07) is 18.4. The molecule has 0 saturated carbocycles. The number of aliphatic hydroxyl groups excluding tert-OH is 1. The van der Waals surface area contributed by atoms with Crippen molar-refractivity contribution in [3.8, 4) is 0 Å². The van der Waals surface area contributed by atoms with Crippen LogP contribution in [0.2, 0.25) is 0 Å². The Morgan fingerprint density at radius 1 is 1.14 bits per heavy atom. The number of rotatable bonds is 6. The highest BCUT2D eigenvalue weighted by molar-refractivity contribution is 5.79. The van der Waals surface area contributed by atoms with E-state index in [9.17, 15) is 5.11 Å². The predicted octanol–water partition coefficient (Wildman–Crippen LogP) is 3.21. The first-order valence-electron chi connectivity index (χ1n) is 7.21. The zero-order valence-corrected chi connectivity index (χ0v) is 12.6. The standard InChI is InChI=1S/C18H22N2O/c1-15-7-6-10-18(11-15)12-19-20(13-16(2)21)14-17-8-4-3-5-9-17/h3-12,16,21H,13-14H2,1-2H3/b19-12-. The van der Waals surface area contributed by atoms with E-state index in [1.54, 1.807) is 6.92 Å². The van der Waals surface area contributed by atoms with Crippen molar-refractivity contribution in [2.75, 3.05) is 6.54 Å². The molecule has 0 aromatic heterocycles. The Kier molecular flexibility index (Phi) is 5.52. The van der Waals surface area contributed by atoms with Crippen LogP contribution in [0.3, 0.4) is 0 Å². The molecule has 3 nitrogen and oxygen atoms in total. The normalized spacial score (nSPS) is 12.5. The van der Waals surface area contributed by atoms with Gasteiger partial charge in [0.2, 0.25) is 0 Å². The molecule has 2 aromatic rings. The van der Waals surface area contributed by atoms with Crippen LogP contribution in [-0.4, -0.2) is 29.0 Å². The van der Waals surface area contributed by atoms with Crippen molar-refractivity contribution >= 4 is 6.21 Å². The molecule has 0 heterocycles. The van der Waals surface area contributed by atoms with Crippen molar-refractivity contribution in [1.82, 2.24) is 5.01 Å². The van der Waals surface area contributed by atoms with Gasteiger partial charge in [-0.3, -0.25) is 5.01 Å². The maximum Gasteiger partial charge on any atom is 0.0703 e. The first-order chi connectivity index (χ1) is 10.1. The fraction of sp³-hybridized carbons (Fsp3) is 0.278. The molecule has 0 aliphatic heterocycles. The van der Waals surface area contributed by atoms with Gasteiger partial charge in [0.15, 0.2) is 0 Å². The van der Waals surface area contributed by atoms with Gasteiger partial charge in [0.1, 0.15) is 0 Å². The molecule has 1 N–H and O–H groups in total. The molecule has 0 radical (unpaired) electrons. The third kappa shape index (κ3) is 5.40. The molecule has 2 aromatic carbocycles. The van der Waals surface area contributed by atoms with E-state index in [1.165, 1.54) is 11.1 Å². The SMILES string of the molecule is Cc1cccc(/C=N\N(Cc2ccccc2)CC(C)O)c1. The minimum absolute atomic E-state index is 0.414. The molecule has 0 fully saturated rings. The van der Waals surface area contributed by atoms with E-state index < -0.39 is 6.10 Å². The Morgan fingerprint density at radius 3 is 2.57 bits per heavy atom. The smallest absolute Gasteiger partial charge is 0.0703 e. The molecule has 0 spiro atoms. The number of aliphatic hydroxyl groups is 1. The van der Waals surface area contributed by atoms with Gasteiger partial charge in [-0.1, -0.05) is 60.2 Å². The largest absolute Gasteiger partial charge is 0.392 e. The number of benzene rings is 2. The Morgan fingerprint density at radius 2 is 1.90 bits per heavy atom. The molecule has 1 atom stereocenters. The third-order valence-electron chi connectivity index (χ3n) is 3.10. The average Bonchev–Trinajstić information content (AvgIpc) is 2.45. The van der Waals surface area contributed by atoms with Gasteiger partial charge in [-0.25, -0.2) is 0 Å². The van der Waals surface area contributed by atoms with Crippen LogP contribution in [0.25, 0.3) is 0 Å². The Labute approximate surface area is 126 Å². The minimum Gasteiger partial charge on any atom is -0.392 e. The van der Waals surface area contributed by atoms with Crippen LogP contribution in [0.15, 0.2) is 59.7 Å². The molecule has 0 saturated heterocycles. The summed E-state index contributed by atoms with van der Waals surface area (Å²) in [7, 11) is 0. The van der Waals surface area contributed by atoms with E-state index in [0.29, 0.717) is 13.1 Å². The van der Waals surface area contributed by atoms with Crippen LogP contribution in [0.5, 0.6) is 0 Å². The average molecular weight is 282 g/mol. The van der Waals surface area contributed by atoms with E-state index in [4.69, 9.17) is 0 Å². The maximum absolute atomic E-state index is 9.63. The van der Waals surface area contributed by atoms with Crippen molar-refractivity contribution in [2.45, 2.75) is 26.5 Å². The summed E-state index contributed by atoms with van der Waals surface area (Å²) in [5.41, 5.74) is 3.46. The van der Waals surface area contributed by atoms with Gasteiger partial charge in [0.05, 0.1) is 25.4 Å². The molecule has 0 aliphatic rings. The third-order valence-corrected chi connectivity index (χ3v) is 3.10. The lowest BCUT2D eigenvalue weighted by molar-refractivity contribution is 0.125. The summed E-state index contributed by atoms with van der Waals surface area (Å²) in [4.78, 5) is 0. The maximum atomic E-state index is 9.63. The Balaban J connectivity index is 2.09. The highest BCUT2D eigenvalue weighted by Crippen LogP contribution is 2.07. The van der Waals surface area contributed by atoms with Gasteiger partial charge in [0, 0.05) is 0 Å². The summed E-state index contributed by atoms with van der Waals surface area (Å²) in [5, 5.41) is 16.0. The zero-order valence-electron chi connectivity index (χ0n) is 12.6. The molecule has 0 amide bonds. The number of aryl methyl sites for hydroxylation is 1. The predicted molar refractivity (Wildman–Crippen MR) is 87.3 cm³/mol. The first-order valence-corrected chi connectivity index (χ1v) is 7.21. The van der Waals surface area contributed by atoms with Crippen LogP contribution in [0.1, 0.15) is 23.6 Å². The van der Waals surface area contributed by atoms with Gasteiger partial charge >= 0.3 is 0 Å². The Bertz CT molecular complexity index is 579. The molecule has 110 valence electrons. The molecule has 1 unspecified atom stereocenters. The fourth-order valence-electron chi connectivity index (χ4n) is 2.15. The molecule has 21 heavy (non-hydrogen) atoms. The fourth-order valence-corrected chi connectivity index (χ4v) is 2.15. The summed E-state index contributed by atoms with van der Waals surface area (Å²) >= 11 is 0. The quantitative estimate of drug-likeness (QED) is 0.652. The lowest BCUT2D eigenvalue weighted by Gasteiger charge is -2.20. The van der Waals surface area contributed by atoms with Crippen LogP contribution < -0.4 is 0 Å². The minimum atomic E-state index is -0.414. The second-order valence-corrected chi connectivity index (χ2v) is 5.34. The topological polar surface area (TPSA) is 35.8 Å². The van der Waals surface area contributed by atoms with E-state index in [-0.39, 0.29) is 0 Å². The van der Waals surface area contributed by atoms with E-state index in [2.05, 4.69) is 36.3 Å². The summed E-state index contributed by atoms with van der Waals surface area (Å²) in [6.45, 7) is 5.04. The van der Waals surface area contributed by atoms with Gasteiger partial charge < -0.3 is 5.11 Å². The number of hydrogen-bond acceptors (Lipinski definition) is 3. The van der Waals surface area contributed by atoms with E-state index in [1.807, 2.05) is 41.6 Å². The van der Waals surface area contributed by atoms with Crippen molar-refractivity contribution in [3.05, 3.63) is 71.3 Å². The summed E-state index contributed by atoms with van der Waals surface area (Å²) in [5.74, 6) is 0. The van der Waals surface area contributed by atoms with Crippen LogP contribution in [0.4, 0.5) is 0 Å². The summed E-state index contributed by atoms with van der Waals surface area (Å²) in [6.07, 6.45) is 1.43. The number of hydrazone groups is 1. The highest BCUT2D eigenvalue weighted by Gasteiger charge is 2.06. The molecular formula is C18H22N2O. The lowest BCUT2D eigenvalue weighted by atomic mass is 10.2. The first kappa shape index (κ1) is 15.3. The van der Waals surface area contributed by atoms with E-state index >= 15 is 0 Å². The van der Waals surface area contributed by atoms with Gasteiger partial charge in [0.25, 0.3) is 0 Å². The van der Waals surface area contributed by atoms with Gasteiger partial charge in [-0.2, -0.15) is 5.10 Å². The van der Waals surface area contributed by atoms with Crippen LogP contribution in [-0.2, 0) is 6.54 Å². The van der Waals surface area contributed by atoms with Gasteiger partial charge in [-0.05, 0) is 25.0 Å².